The van der Waals surface area contributed by atoms with Gasteiger partial charge in [-0.3, -0.25) is 5.32 Å². The maximum Gasteiger partial charge on any atom is 0.471 e. The molecule has 1 N–H and O–H groups in total. The van der Waals surface area contributed by atoms with Crippen molar-refractivity contribution in [3.8, 4) is 11.5 Å². The number of amides is 1. The molecular weight excluding hydrogens is 419 g/mol. The predicted molar refractivity (Wildman–Crippen MR) is 99.8 cm³/mol. The Morgan fingerprint density at radius 3 is 2.55 bits per heavy atom. The number of carbonyl (C=O) groups is 1. The van der Waals surface area contributed by atoms with Crippen molar-refractivity contribution < 1.29 is 27.2 Å². The molecule has 3 aromatic heterocycles. The summed E-state index contributed by atoms with van der Waals surface area (Å²) < 4.78 is 46.8. The minimum Gasteiger partial charge on any atom is -0.444 e. The lowest BCUT2D eigenvalue weighted by molar-refractivity contribution is -0.159. The quantitative estimate of drug-likeness (QED) is 0.644. The first-order valence-corrected chi connectivity index (χ1v) is 9.25. The van der Waals surface area contributed by atoms with Crippen molar-refractivity contribution in [1.29, 1.82) is 0 Å². The van der Waals surface area contributed by atoms with E-state index < -0.39 is 18.2 Å². The van der Waals surface area contributed by atoms with Gasteiger partial charge in [0.05, 0.1) is 12.4 Å². The van der Waals surface area contributed by atoms with Gasteiger partial charge in [-0.15, -0.1) is 0 Å². The Morgan fingerprint density at radius 2 is 1.94 bits per heavy atom. The Hall–Kier alpha value is -3.77. The number of nitrogens with zero attached hydrogens (tertiary/aromatic N) is 6. The van der Waals surface area contributed by atoms with Crippen molar-refractivity contribution in [2.75, 3.05) is 23.3 Å². The number of aromatic nitrogens is 5. The second kappa shape index (κ2) is 8.53. The Bertz CT molecular complexity index is 1030. The van der Waals surface area contributed by atoms with Crippen molar-refractivity contribution >= 4 is 17.7 Å². The van der Waals surface area contributed by atoms with Gasteiger partial charge in [0.1, 0.15) is 18.1 Å². The standard InChI is InChI=1S/C18H16F3N7O3/c19-18(20,21)16-26-15(27-31-16)12-8-23-13(9-22-12)25-17(29)30-10-11-3-4-14(24-7-11)28-5-1-2-6-28/h3-4,7-9H,1-2,5-6,10H2,(H,23,25,29). The summed E-state index contributed by atoms with van der Waals surface area (Å²) in [5, 5.41) is 5.58. The zero-order chi connectivity index (χ0) is 21.8. The number of carbonyl (C=O) groups excluding carboxylic acids is 1. The van der Waals surface area contributed by atoms with E-state index in [9.17, 15) is 18.0 Å². The molecule has 1 aliphatic heterocycles. The molecule has 4 rings (SSSR count). The predicted octanol–water partition coefficient (Wildman–Crippen LogP) is 3.29. The molecule has 1 aliphatic rings. The zero-order valence-corrected chi connectivity index (χ0v) is 16.0. The molecule has 0 unspecified atom stereocenters. The van der Waals surface area contributed by atoms with E-state index in [2.05, 4.69) is 39.8 Å². The van der Waals surface area contributed by atoms with E-state index in [0.717, 1.165) is 49.7 Å². The highest BCUT2D eigenvalue weighted by Gasteiger charge is 2.38. The van der Waals surface area contributed by atoms with Gasteiger partial charge in [-0.25, -0.2) is 19.7 Å². The van der Waals surface area contributed by atoms with Gasteiger partial charge in [0.15, 0.2) is 5.82 Å². The van der Waals surface area contributed by atoms with Crippen LogP contribution >= 0.6 is 0 Å². The monoisotopic (exact) mass is 435 g/mol. The second-order valence-electron chi connectivity index (χ2n) is 6.63. The number of hydrogen-bond donors (Lipinski definition) is 1. The molecule has 3 aromatic rings. The summed E-state index contributed by atoms with van der Waals surface area (Å²) in [6.45, 7) is 1.98. The lowest BCUT2D eigenvalue weighted by Gasteiger charge is -2.16. The molecule has 0 spiro atoms. The van der Waals surface area contributed by atoms with Crippen molar-refractivity contribution in [1.82, 2.24) is 25.1 Å². The molecule has 162 valence electrons. The lowest BCUT2D eigenvalue weighted by Crippen LogP contribution is -2.19. The van der Waals surface area contributed by atoms with Gasteiger partial charge in [0, 0.05) is 24.8 Å². The first-order chi connectivity index (χ1) is 14.9. The molecular formula is C18H16F3N7O3. The van der Waals surface area contributed by atoms with Crippen LogP contribution in [0.15, 0.2) is 35.2 Å². The van der Waals surface area contributed by atoms with Crippen LogP contribution in [0, 0.1) is 0 Å². The molecule has 10 nitrogen and oxygen atoms in total. The minimum atomic E-state index is -4.76. The molecule has 0 saturated carbocycles. The van der Waals surface area contributed by atoms with Gasteiger partial charge in [0.2, 0.25) is 5.82 Å². The van der Waals surface area contributed by atoms with Crippen LogP contribution in [0.5, 0.6) is 0 Å². The Kier molecular flexibility index (Phi) is 5.64. The van der Waals surface area contributed by atoms with Gasteiger partial charge in [-0.2, -0.15) is 18.2 Å². The van der Waals surface area contributed by atoms with Crippen LogP contribution < -0.4 is 10.2 Å². The average molecular weight is 435 g/mol. The molecule has 1 fully saturated rings. The fraction of sp³-hybridized carbons (Fsp3) is 0.333. The number of hydrogen-bond acceptors (Lipinski definition) is 9. The van der Waals surface area contributed by atoms with Crippen LogP contribution in [0.3, 0.4) is 0 Å². The fourth-order valence-electron chi connectivity index (χ4n) is 2.88. The summed E-state index contributed by atoms with van der Waals surface area (Å²) >= 11 is 0. The van der Waals surface area contributed by atoms with E-state index in [1.807, 2.05) is 12.1 Å². The minimum absolute atomic E-state index is 0.00764. The summed E-state index contributed by atoms with van der Waals surface area (Å²) in [6.07, 6.45) is 0.655. The van der Waals surface area contributed by atoms with E-state index in [4.69, 9.17) is 4.74 Å². The number of halogens is 3. The first-order valence-electron chi connectivity index (χ1n) is 9.25. The summed E-state index contributed by atoms with van der Waals surface area (Å²) in [5.74, 6) is -0.933. The van der Waals surface area contributed by atoms with E-state index in [-0.39, 0.29) is 23.9 Å². The van der Waals surface area contributed by atoms with Crippen molar-refractivity contribution in [3.05, 3.63) is 42.2 Å². The van der Waals surface area contributed by atoms with Crippen LogP contribution in [0.4, 0.5) is 29.6 Å². The average Bonchev–Trinajstić information content (AvgIpc) is 3.45. The topological polar surface area (TPSA) is 119 Å². The van der Waals surface area contributed by atoms with Gasteiger partial charge in [0.25, 0.3) is 0 Å². The van der Waals surface area contributed by atoms with E-state index in [1.165, 1.54) is 0 Å². The number of pyridine rings is 1. The SMILES string of the molecule is O=C(Nc1cnc(-c2noc(C(F)(F)F)n2)cn1)OCc1ccc(N2CCCC2)nc1. The maximum atomic E-state index is 12.5. The fourth-order valence-corrected chi connectivity index (χ4v) is 2.88. The lowest BCUT2D eigenvalue weighted by atomic mass is 10.3. The Morgan fingerprint density at radius 1 is 1.13 bits per heavy atom. The van der Waals surface area contributed by atoms with E-state index in [0.29, 0.717) is 0 Å². The van der Waals surface area contributed by atoms with E-state index in [1.54, 1.807) is 6.20 Å². The number of alkyl halides is 3. The van der Waals surface area contributed by atoms with Gasteiger partial charge in [-0.1, -0.05) is 11.2 Å². The maximum absolute atomic E-state index is 12.5. The number of ether oxygens (including phenoxy) is 1. The van der Waals surface area contributed by atoms with Crippen LogP contribution in [-0.4, -0.2) is 44.3 Å². The van der Waals surface area contributed by atoms with Crippen molar-refractivity contribution in [2.45, 2.75) is 25.6 Å². The van der Waals surface area contributed by atoms with Crippen LogP contribution in [0.1, 0.15) is 24.3 Å². The molecule has 0 atom stereocenters. The van der Waals surface area contributed by atoms with Crippen LogP contribution in [0.2, 0.25) is 0 Å². The molecule has 0 bridgehead atoms. The third-order valence-electron chi connectivity index (χ3n) is 4.39. The normalized spacial score (nSPS) is 14.0. The largest absolute Gasteiger partial charge is 0.471 e. The molecule has 4 heterocycles. The molecule has 1 saturated heterocycles. The first kappa shape index (κ1) is 20.5. The third-order valence-corrected chi connectivity index (χ3v) is 4.39. The molecule has 0 aliphatic carbocycles. The molecule has 0 radical (unpaired) electrons. The Balaban J connectivity index is 1.29. The number of rotatable bonds is 5. The highest BCUT2D eigenvalue weighted by atomic mass is 19.4. The summed E-state index contributed by atoms with van der Waals surface area (Å²) in [6, 6.07) is 3.72. The number of anilines is 2. The van der Waals surface area contributed by atoms with Crippen molar-refractivity contribution in [3.63, 3.8) is 0 Å². The van der Waals surface area contributed by atoms with Crippen LogP contribution in [0.25, 0.3) is 11.5 Å². The van der Waals surface area contributed by atoms with Crippen LogP contribution in [-0.2, 0) is 17.5 Å². The molecule has 13 heteroatoms. The van der Waals surface area contributed by atoms with Gasteiger partial charge < -0.3 is 14.2 Å². The smallest absolute Gasteiger partial charge is 0.444 e. The highest BCUT2D eigenvalue weighted by Crippen LogP contribution is 2.28. The highest BCUT2D eigenvalue weighted by molar-refractivity contribution is 5.83. The molecule has 0 aromatic carbocycles. The summed E-state index contributed by atoms with van der Waals surface area (Å²) in [4.78, 5) is 29.5. The van der Waals surface area contributed by atoms with Gasteiger partial charge >= 0.3 is 18.2 Å². The zero-order valence-electron chi connectivity index (χ0n) is 16.0. The third kappa shape index (κ3) is 5.05. The molecule has 1 amide bonds. The summed E-state index contributed by atoms with van der Waals surface area (Å²) in [5.41, 5.74) is 0.666. The van der Waals surface area contributed by atoms with Crippen molar-refractivity contribution in [2.24, 2.45) is 0 Å². The summed E-state index contributed by atoms with van der Waals surface area (Å²) in [7, 11) is 0. The van der Waals surface area contributed by atoms with E-state index >= 15 is 0 Å². The Labute approximate surface area is 173 Å². The second-order valence-corrected chi connectivity index (χ2v) is 6.63. The number of nitrogens with one attached hydrogen (secondary N) is 1. The molecule has 31 heavy (non-hydrogen) atoms. The van der Waals surface area contributed by atoms with Gasteiger partial charge in [-0.05, 0) is 18.9 Å².